The molecule has 1 aliphatic heterocycles. The van der Waals surface area contributed by atoms with Crippen molar-refractivity contribution in [3.05, 3.63) is 29.8 Å². The molecule has 5 nitrogen and oxygen atoms in total. The van der Waals surface area contributed by atoms with E-state index in [1.54, 1.807) is 7.11 Å². The fourth-order valence-electron chi connectivity index (χ4n) is 4.51. The van der Waals surface area contributed by atoms with Crippen LogP contribution in [0.25, 0.3) is 0 Å². The minimum Gasteiger partial charge on any atom is -0.497 e. The van der Waals surface area contributed by atoms with Gasteiger partial charge in [-0.15, -0.1) is 0 Å². The zero-order chi connectivity index (χ0) is 19.1. The number of ether oxygens (including phenoxy) is 1. The summed E-state index contributed by atoms with van der Waals surface area (Å²) < 4.78 is 5.13. The van der Waals surface area contributed by atoms with Crippen molar-refractivity contribution in [2.45, 2.75) is 70.4 Å². The molecule has 1 heterocycles. The molecule has 2 fully saturated rings. The number of rotatable bonds is 7. The lowest BCUT2D eigenvalue weighted by Crippen LogP contribution is -2.49. The van der Waals surface area contributed by atoms with Crippen LogP contribution in [0.3, 0.4) is 0 Å². The highest BCUT2D eigenvalue weighted by Crippen LogP contribution is 2.35. The van der Waals surface area contributed by atoms with Crippen LogP contribution in [0.5, 0.6) is 5.75 Å². The van der Waals surface area contributed by atoms with Crippen LogP contribution in [0.2, 0.25) is 0 Å². The van der Waals surface area contributed by atoms with Gasteiger partial charge in [0.05, 0.1) is 7.11 Å². The zero-order valence-corrected chi connectivity index (χ0v) is 16.4. The van der Waals surface area contributed by atoms with Crippen molar-refractivity contribution in [2.75, 3.05) is 13.7 Å². The number of likely N-dealkylation sites (tertiary alicyclic amines) is 1. The first-order valence-corrected chi connectivity index (χ1v) is 10.4. The van der Waals surface area contributed by atoms with E-state index in [0.717, 1.165) is 24.3 Å². The molecule has 3 rings (SSSR count). The van der Waals surface area contributed by atoms with Gasteiger partial charge in [0.1, 0.15) is 5.75 Å². The molecule has 1 saturated heterocycles. The number of hydrogen-bond acceptors (Lipinski definition) is 3. The third kappa shape index (κ3) is 5.47. The topological polar surface area (TPSA) is 58.6 Å². The van der Waals surface area contributed by atoms with E-state index < -0.39 is 0 Å². The Morgan fingerprint density at radius 1 is 1.07 bits per heavy atom. The normalized spacial score (nSPS) is 22.0. The first kappa shape index (κ1) is 19.7. The molecule has 2 atom stereocenters. The van der Waals surface area contributed by atoms with Crippen LogP contribution in [-0.2, 0) is 16.1 Å². The van der Waals surface area contributed by atoms with Gasteiger partial charge < -0.3 is 15.0 Å². The average Bonchev–Trinajstić information content (AvgIpc) is 2.72. The fourth-order valence-corrected chi connectivity index (χ4v) is 4.51. The van der Waals surface area contributed by atoms with Crippen LogP contribution < -0.4 is 10.1 Å². The molecule has 2 aliphatic rings. The van der Waals surface area contributed by atoms with E-state index >= 15 is 0 Å². The second kappa shape index (κ2) is 9.77. The molecule has 1 saturated carbocycles. The predicted octanol–water partition coefficient (Wildman–Crippen LogP) is 3.66. The molecular formula is C22H32N2O3. The second-order valence-corrected chi connectivity index (χ2v) is 7.82. The first-order valence-electron chi connectivity index (χ1n) is 10.4. The molecule has 0 bridgehead atoms. The largest absolute Gasteiger partial charge is 0.497 e. The molecule has 5 heteroatoms. The molecule has 27 heavy (non-hydrogen) atoms. The van der Waals surface area contributed by atoms with Gasteiger partial charge in [-0.3, -0.25) is 9.59 Å². The maximum absolute atomic E-state index is 12.7. The summed E-state index contributed by atoms with van der Waals surface area (Å²) >= 11 is 0. The Morgan fingerprint density at radius 2 is 1.81 bits per heavy atom. The lowest BCUT2D eigenvalue weighted by Gasteiger charge is -2.44. The molecule has 2 unspecified atom stereocenters. The van der Waals surface area contributed by atoms with Crippen molar-refractivity contribution in [1.82, 2.24) is 10.2 Å². The SMILES string of the molecule is COc1ccc(CNC(=O)CCCC(=O)N2CCCC3CCCCC32)cc1. The van der Waals surface area contributed by atoms with E-state index in [1.165, 1.54) is 32.1 Å². The monoisotopic (exact) mass is 372 g/mol. The minimum absolute atomic E-state index is 0.00723. The summed E-state index contributed by atoms with van der Waals surface area (Å²) in [5, 5.41) is 2.93. The maximum Gasteiger partial charge on any atom is 0.222 e. The van der Waals surface area contributed by atoms with E-state index in [1.807, 2.05) is 24.3 Å². The van der Waals surface area contributed by atoms with E-state index in [9.17, 15) is 9.59 Å². The molecule has 0 radical (unpaired) electrons. The van der Waals surface area contributed by atoms with Crippen molar-refractivity contribution < 1.29 is 14.3 Å². The van der Waals surface area contributed by atoms with Crippen LogP contribution in [-0.4, -0.2) is 36.4 Å². The van der Waals surface area contributed by atoms with Crippen molar-refractivity contribution in [2.24, 2.45) is 5.92 Å². The number of nitrogens with zero attached hydrogens (tertiary/aromatic N) is 1. The molecule has 1 N–H and O–H groups in total. The molecule has 0 spiro atoms. The van der Waals surface area contributed by atoms with Gasteiger partial charge in [0.2, 0.25) is 11.8 Å². The molecule has 0 aromatic heterocycles. The summed E-state index contributed by atoms with van der Waals surface area (Å²) in [7, 11) is 1.64. The number of carbonyl (C=O) groups excluding carboxylic acids is 2. The van der Waals surface area contributed by atoms with Gasteiger partial charge in [-0.05, 0) is 55.7 Å². The Labute approximate surface area is 162 Å². The predicted molar refractivity (Wildman–Crippen MR) is 105 cm³/mol. The van der Waals surface area contributed by atoms with Gasteiger partial charge >= 0.3 is 0 Å². The van der Waals surface area contributed by atoms with Gasteiger partial charge in [0, 0.05) is 32.0 Å². The van der Waals surface area contributed by atoms with Crippen LogP contribution in [0, 0.1) is 5.92 Å². The van der Waals surface area contributed by atoms with Gasteiger partial charge in [-0.1, -0.05) is 25.0 Å². The van der Waals surface area contributed by atoms with Crippen LogP contribution in [0.1, 0.15) is 63.4 Å². The van der Waals surface area contributed by atoms with Gasteiger partial charge in [-0.25, -0.2) is 0 Å². The number of fused-ring (bicyclic) bond motifs is 1. The third-order valence-electron chi connectivity index (χ3n) is 6.01. The average molecular weight is 373 g/mol. The fraction of sp³-hybridized carbons (Fsp3) is 0.636. The maximum atomic E-state index is 12.7. The van der Waals surface area contributed by atoms with Crippen LogP contribution >= 0.6 is 0 Å². The number of nitrogens with one attached hydrogen (secondary N) is 1. The Hall–Kier alpha value is -2.04. The first-order chi connectivity index (χ1) is 13.2. The van der Waals surface area contributed by atoms with E-state index in [0.29, 0.717) is 37.8 Å². The number of piperidine rings is 1. The van der Waals surface area contributed by atoms with Crippen molar-refractivity contribution in [3.63, 3.8) is 0 Å². The Balaban J connectivity index is 1.37. The summed E-state index contributed by atoms with van der Waals surface area (Å²) in [6.07, 6.45) is 8.94. The van der Waals surface area contributed by atoms with Gasteiger partial charge in [0.15, 0.2) is 0 Å². The number of carbonyl (C=O) groups is 2. The van der Waals surface area contributed by atoms with Crippen LogP contribution in [0.15, 0.2) is 24.3 Å². The van der Waals surface area contributed by atoms with E-state index in [2.05, 4.69) is 10.2 Å². The Morgan fingerprint density at radius 3 is 2.59 bits per heavy atom. The van der Waals surface area contributed by atoms with Crippen molar-refractivity contribution in [3.8, 4) is 5.75 Å². The standard InChI is InChI=1S/C22H32N2O3/c1-27-19-13-11-17(12-14-19)16-23-21(25)9-4-10-22(26)24-15-5-7-18-6-2-3-8-20(18)24/h11-14,18,20H,2-10,15-16H2,1H3,(H,23,25). The molecule has 148 valence electrons. The zero-order valence-electron chi connectivity index (χ0n) is 16.4. The molecule has 1 aromatic carbocycles. The number of amides is 2. The lowest BCUT2D eigenvalue weighted by atomic mass is 9.78. The van der Waals surface area contributed by atoms with Crippen LogP contribution in [0.4, 0.5) is 0 Å². The summed E-state index contributed by atoms with van der Waals surface area (Å²) in [6.45, 7) is 1.41. The Kier molecular flexibility index (Phi) is 7.13. The highest BCUT2D eigenvalue weighted by molar-refractivity contribution is 5.79. The van der Waals surface area contributed by atoms with E-state index in [4.69, 9.17) is 4.74 Å². The molecule has 2 amide bonds. The highest BCUT2D eigenvalue weighted by Gasteiger charge is 2.35. The quantitative estimate of drug-likeness (QED) is 0.795. The third-order valence-corrected chi connectivity index (χ3v) is 6.01. The summed E-state index contributed by atoms with van der Waals surface area (Å²) in [5.41, 5.74) is 1.04. The minimum atomic E-state index is 0.00723. The number of methoxy groups -OCH3 is 1. The molecular weight excluding hydrogens is 340 g/mol. The van der Waals surface area contributed by atoms with E-state index in [-0.39, 0.29) is 11.8 Å². The second-order valence-electron chi connectivity index (χ2n) is 7.82. The molecule has 1 aromatic rings. The number of hydrogen-bond donors (Lipinski definition) is 1. The number of benzene rings is 1. The highest BCUT2D eigenvalue weighted by atomic mass is 16.5. The molecule has 1 aliphatic carbocycles. The summed E-state index contributed by atoms with van der Waals surface area (Å²) in [5.74, 6) is 1.77. The Bertz CT molecular complexity index is 627. The lowest BCUT2D eigenvalue weighted by molar-refractivity contribution is -0.137. The van der Waals surface area contributed by atoms with Gasteiger partial charge in [-0.2, -0.15) is 0 Å². The smallest absolute Gasteiger partial charge is 0.222 e. The van der Waals surface area contributed by atoms with Crippen molar-refractivity contribution in [1.29, 1.82) is 0 Å². The summed E-state index contributed by atoms with van der Waals surface area (Å²) in [4.78, 5) is 26.8. The van der Waals surface area contributed by atoms with Gasteiger partial charge in [0.25, 0.3) is 0 Å². The van der Waals surface area contributed by atoms with Crippen molar-refractivity contribution >= 4 is 11.8 Å². The summed E-state index contributed by atoms with van der Waals surface area (Å²) in [6, 6.07) is 8.12.